The van der Waals surface area contributed by atoms with E-state index in [2.05, 4.69) is 6.92 Å². The maximum absolute atomic E-state index is 12.9. The van der Waals surface area contributed by atoms with Gasteiger partial charge < -0.3 is 9.15 Å². The molecule has 0 aliphatic rings. The summed E-state index contributed by atoms with van der Waals surface area (Å²) in [5.41, 5.74) is 2.47. The molecule has 3 nitrogen and oxygen atoms in total. The van der Waals surface area contributed by atoms with Crippen LogP contribution in [0.2, 0.25) is 0 Å². The van der Waals surface area contributed by atoms with E-state index >= 15 is 0 Å². The smallest absolute Gasteiger partial charge is 0.196 e. The average Bonchev–Trinajstić information content (AvgIpc) is 2.71. The quantitative estimate of drug-likeness (QED) is 0.382. The molecule has 3 aromatic rings. The number of aryl methyl sites for hydroxylation is 1. The summed E-state index contributed by atoms with van der Waals surface area (Å²) >= 11 is 0. The Bertz CT molecular complexity index is 941. The first kappa shape index (κ1) is 20.2. The Morgan fingerprint density at radius 3 is 2.46 bits per heavy atom. The molecule has 0 amide bonds. The molecule has 2 aromatic carbocycles. The lowest BCUT2D eigenvalue weighted by Crippen LogP contribution is -2.12. The Hall–Kier alpha value is -2.55. The van der Waals surface area contributed by atoms with Crippen molar-refractivity contribution < 1.29 is 9.15 Å². The molecule has 0 unspecified atom stereocenters. The fourth-order valence-electron chi connectivity index (χ4n) is 3.49. The van der Waals surface area contributed by atoms with Crippen LogP contribution in [0.1, 0.15) is 62.3 Å². The summed E-state index contributed by atoms with van der Waals surface area (Å²) in [6.45, 7) is 4.80. The molecule has 0 saturated heterocycles. The minimum absolute atomic E-state index is 0.0464. The highest BCUT2D eigenvalue weighted by Gasteiger charge is 2.13. The average molecular weight is 379 g/mol. The van der Waals surface area contributed by atoms with Gasteiger partial charge in [-0.2, -0.15) is 0 Å². The highest BCUT2D eigenvalue weighted by atomic mass is 16.5. The maximum atomic E-state index is 12.9. The second-order valence-electron chi connectivity index (χ2n) is 7.40. The number of benzene rings is 2. The van der Waals surface area contributed by atoms with Crippen LogP contribution in [-0.2, 0) is 6.42 Å². The normalized spacial score (nSPS) is 11.1. The molecule has 0 atom stereocenters. The molecule has 1 heterocycles. The highest BCUT2D eigenvalue weighted by Crippen LogP contribution is 2.22. The first-order chi connectivity index (χ1) is 13.7. The molecule has 148 valence electrons. The van der Waals surface area contributed by atoms with Gasteiger partial charge in [-0.1, -0.05) is 69.4 Å². The highest BCUT2D eigenvalue weighted by molar-refractivity contribution is 5.79. The zero-order valence-electron chi connectivity index (χ0n) is 17.0. The molecule has 3 heteroatoms. The van der Waals surface area contributed by atoms with E-state index in [1.807, 2.05) is 55.5 Å². The Morgan fingerprint density at radius 2 is 1.68 bits per heavy atom. The number of unbranched alkanes of at least 4 members (excludes halogenated alkanes) is 5. The minimum atomic E-state index is 0.0464. The molecule has 0 N–H and O–H groups in total. The Kier molecular flexibility index (Phi) is 7.30. The van der Waals surface area contributed by atoms with Crippen molar-refractivity contribution in [1.29, 1.82) is 0 Å². The lowest BCUT2D eigenvalue weighted by molar-refractivity contribution is 0.304. The summed E-state index contributed by atoms with van der Waals surface area (Å²) in [4.78, 5) is 12.9. The summed E-state index contributed by atoms with van der Waals surface area (Å²) in [6, 6.07) is 15.6. The van der Waals surface area contributed by atoms with E-state index in [1.165, 1.54) is 32.1 Å². The van der Waals surface area contributed by atoms with Crippen molar-refractivity contribution >= 4 is 11.0 Å². The first-order valence-electron chi connectivity index (χ1n) is 10.4. The van der Waals surface area contributed by atoms with Gasteiger partial charge in [-0.25, -0.2) is 0 Å². The van der Waals surface area contributed by atoms with Crippen LogP contribution in [0.25, 0.3) is 11.0 Å². The third-order valence-electron chi connectivity index (χ3n) is 5.15. The SMILES string of the molecule is CCCCCCCCOc1ccc2c(=O)c(Cc3ccccc3)c(C)oc2c1. The summed E-state index contributed by atoms with van der Waals surface area (Å²) in [5, 5.41) is 0.614. The summed E-state index contributed by atoms with van der Waals surface area (Å²) in [7, 11) is 0. The molecule has 0 spiro atoms. The van der Waals surface area contributed by atoms with Crippen LogP contribution in [0.5, 0.6) is 5.75 Å². The van der Waals surface area contributed by atoms with E-state index in [4.69, 9.17) is 9.15 Å². The van der Waals surface area contributed by atoms with Gasteiger partial charge in [0.1, 0.15) is 17.1 Å². The summed E-state index contributed by atoms with van der Waals surface area (Å²) in [5.74, 6) is 1.44. The largest absolute Gasteiger partial charge is 0.493 e. The minimum Gasteiger partial charge on any atom is -0.493 e. The van der Waals surface area contributed by atoms with Crippen molar-refractivity contribution in [3.63, 3.8) is 0 Å². The van der Waals surface area contributed by atoms with E-state index in [0.717, 1.165) is 23.3 Å². The number of ether oxygens (including phenoxy) is 1. The molecule has 0 radical (unpaired) electrons. The predicted molar refractivity (Wildman–Crippen MR) is 115 cm³/mol. The van der Waals surface area contributed by atoms with Crippen LogP contribution in [0.3, 0.4) is 0 Å². The second kappa shape index (κ2) is 10.1. The van der Waals surface area contributed by atoms with Crippen molar-refractivity contribution in [2.24, 2.45) is 0 Å². The summed E-state index contributed by atoms with van der Waals surface area (Å²) in [6.07, 6.45) is 8.00. The van der Waals surface area contributed by atoms with Gasteiger partial charge in [-0.15, -0.1) is 0 Å². The van der Waals surface area contributed by atoms with Gasteiger partial charge in [0, 0.05) is 18.1 Å². The zero-order chi connectivity index (χ0) is 19.8. The zero-order valence-corrected chi connectivity index (χ0v) is 17.0. The molecular weight excluding hydrogens is 348 g/mol. The molecule has 0 aliphatic carbocycles. The lowest BCUT2D eigenvalue weighted by Gasteiger charge is -2.10. The van der Waals surface area contributed by atoms with Crippen molar-refractivity contribution in [2.75, 3.05) is 6.61 Å². The fraction of sp³-hybridized carbons (Fsp3) is 0.400. The predicted octanol–water partition coefficient (Wildman–Crippen LogP) is 6.43. The van der Waals surface area contributed by atoms with E-state index in [9.17, 15) is 4.79 Å². The first-order valence-corrected chi connectivity index (χ1v) is 10.4. The van der Waals surface area contributed by atoms with Crippen LogP contribution in [0.4, 0.5) is 0 Å². The Balaban J connectivity index is 1.68. The molecule has 0 bridgehead atoms. The standard InChI is InChI=1S/C25H30O3/c1-3-4-5-6-7-11-16-27-21-14-15-22-24(18-21)28-19(2)23(25(22)26)17-20-12-9-8-10-13-20/h8-10,12-15,18H,3-7,11,16-17H2,1-2H3. The number of hydrogen-bond donors (Lipinski definition) is 0. The topological polar surface area (TPSA) is 39.4 Å². The molecule has 3 rings (SSSR count). The molecular formula is C25H30O3. The van der Waals surface area contributed by atoms with Gasteiger partial charge in [0.15, 0.2) is 5.43 Å². The van der Waals surface area contributed by atoms with E-state index in [-0.39, 0.29) is 5.43 Å². The third kappa shape index (κ3) is 5.25. The Morgan fingerprint density at radius 1 is 0.929 bits per heavy atom. The Labute approximate surface area is 167 Å². The number of rotatable bonds is 10. The van der Waals surface area contributed by atoms with Crippen LogP contribution < -0.4 is 10.2 Å². The number of fused-ring (bicyclic) bond motifs is 1. The van der Waals surface area contributed by atoms with Gasteiger partial charge in [0.2, 0.25) is 0 Å². The fourth-order valence-corrected chi connectivity index (χ4v) is 3.49. The molecule has 1 aromatic heterocycles. The second-order valence-corrected chi connectivity index (χ2v) is 7.40. The monoisotopic (exact) mass is 378 g/mol. The van der Waals surface area contributed by atoms with Crippen molar-refractivity contribution in [3.8, 4) is 5.75 Å². The lowest BCUT2D eigenvalue weighted by atomic mass is 10.0. The number of hydrogen-bond acceptors (Lipinski definition) is 3. The van der Waals surface area contributed by atoms with Crippen LogP contribution in [0.15, 0.2) is 57.7 Å². The molecule has 0 fully saturated rings. The van der Waals surface area contributed by atoms with Gasteiger partial charge in [-0.3, -0.25) is 4.79 Å². The third-order valence-corrected chi connectivity index (χ3v) is 5.15. The summed E-state index contributed by atoms with van der Waals surface area (Å²) < 4.78 is 11.8. The van der Waals surface area contributed by atoms with Gasteiger partial charge in [0.05, 0.1) is 12.0 Å². The van der Waals surface area contributed by atoms with Crippen molar-refractivity contribution in [1.82, 2.24) is 0 Å². The van der Waals surface area contributed by atoms with Crippen molar-refractivity contribution in [3.05, 3.63) is 75.6 Å². The van der Waals surface area contributed by atoms with E-state index in [1.54, 1.807) is 0 Å². The molecule has 0 saturated carbocycles. The van der Waals surface area contributed by atoms with E-state index < -0.39 is 0 Å². The van der Waals surface area contributed by atoms with Crippen LogP contribution in [-0.4, -0.2) is 6.61 Å². The van der Waals surface area contributed by atoms with E-state index in [0.29, 0.717) is 29.8 Å². The van der Waals surface area contributed by atoms with Crippen molar-refractivity contribution in [2.45, 2.75) is 58.8 Å². The molecule has 0 aliphatic heterocycles. The van der Waals surface area contributed by atoms with Gasteiger partial charge in [-0.05, 0) is 31.0 Å². The maximum Gasteiger partial charge on any atom is 0.196 e. The van der Waals surface area contributed by atoms with Gasteiger partial charge in [0.25, 0.3) is 0 Å². The molecule has 28 heavy (non-hydrogen) atoms. The van der Waals surface area contributed by atoms with Crippen LogP contribution >= 0.6 is 0 Å². The van der Waals surface area contributed by atoms with Gasteiger partial charge >= 0.3 is 0 Å². The van der Waals surface area contributed by atoms with Crippen LogP contribution in [0, 0.1) is 6.92 Å².